The molecule has 1 atom stereocenters. The first-order chi connectivity index (χ1) is 4.33. The predicted octanol–water partition coefficient (Wildman–Crippen LogP) is 0.424. The van der Waals surface area contributed by atoms with E-state index in [1.54, 1.807) is 0 Å². The minimum atomic E-state index is 0.598. The summed E-state index contributed by atoms with van der Waals surface area (Å²) in [6.07, 6.45) is 5.55. The molecule has 1 rings (SSSR count). The summed E-state index contributed by atoms with van der Waals surface area (Å²) in [5.41, 5.74) is 0. The molecule has 1 aliphatic rings. The van der Waals surface area contributed by atoms with Crippen molar-refractivity contribution in [3.8, 4) is 0 Å². The molecule has 9 heavy (non-hydrogen) atoms. The zero-order valence-electron chi connectivity index (χ0n) is 6.09. The Labute approximate surface area is 56.5 Å². The van der Waals surface area contributed by atoms with Crippen molar-refractivity contribution in [2.75, 3.05) is 20.6 Å². The van der Waals surface area contributed by atoms with Gasteiger partial charge in [0, 0.05) is 19.6 Å². The van der Waals surface area contributed by atoms with Crippen molar-refractivity contribution >= 4 is 0 Å². The van der Waals surface area contributed by atoms with Crippen LogP contribution in [0.5, 0.6) is 0 Å². The van der Waals surface area contributed by atoms with Crippen LogP contribution >= 0.6 is 0 Å². The van der Waals surface area contributed by atoms with Crippen LogP contribution in [0.4, 0.5) is 0 Å². The third-order valence-corrected chi connectivity index (χ3v) is 1.74. The van der Waals surface area contributed by atoms with Crippen LogP contribution in [-0.2, 0) is 0 Å². The molecule has 0 aromatic rings. The lowest BCUT2D eigenvalue weighted by atomic mass is 10.1. The van der Waals surface area contributed by atoms with E-state index in [4.69, 9.17) is 0 Å². The first-order valence-electron chi connectivity index (χ1n) is 3.39. The fraction of sp³-hybridized carbons (Fsp3) is 0.714. The van der Waals surface area contributed by atoms with Crippen molar-refractivity contribution in [2.24, 2.45) is 0 Å². The van der Waals surface area contributed by atoms with Gasteiger partial charge in [-0.3, -0.25) is 0 Å². The predicted molar refractivity (Wildman–Crippen MR) is 39.2 cm³/mol. The van der Waals surface area contributed by atoms with E-state index in [9.17, 15) is 0 Å². The van der Waals surface area contributed by atoms with E-state index in [0.29, 0.717) is 6.04 Å². The molecule has 0 fully saturated rings. The molecule has 0 amide bonds. The molecule has 1 aliphatic heterocycles. The van der Waals surface area contributed by atoms with Gasteiger partial charge in [-0.1, -0.05) is 6.08 Å². The maximum Gasteiger partial charge on any atom is 0.0280 e. The lowest BCUT2D eigenvalue weighted by Crippen LogP contribution is -2.31. The molecular weight excluding hydrogens is 112 g/mol. The van der Waals surface area contributed by atoms with Crippen LogP contribution in [0.25, 0.3) is 0 Å². The van der Waals surface area contributed by atoms with Gasteiger partial charge in [0.25, 0.3) is 0 Å². The summed E-state index contributed by atoms with van der Waals surface area (Å²) in [5.74, 6) is 0. The van der Waals surface area contributed by atoms with E-state index in [1.807, 2.05) is 7.05 Å². The molecule has 0 aromatic heterocycles. The normalized spacial score (nSPS) is 26.9. The zero-order valence-corrected chi connectivity index (χ0v) is 6.09. The van der Waals surface area contributed by atoms with Gasteiger partial charge in [-0.05, 0) is 19.7 Å². The summed E-state index contributed by atoms with van der Waals surface area (Å²) >= 11 is 0. The summed E-state index contributed by atoms with van der Waals surface area (Å²) in [6.45, 7) is 1.17. The number of likely N-dealkylation sites (N-methyl/N-ethyl adjacent to an activating group) is 1. The summed E-state index contributed by atoms with van der Waals surface area (Å²) in [4.78, 5) is 2.20. The molecule has 0 aliphatic carbocycles. The maximum absolute atomic E-state index is 3.21. The van der Waals surface area contributed by atoms with E-state index >= 15 is 0 Å². The van der Waals surface area contributed by atoms with Crippen molar-refractivity contribution in [1.82, 2.24) is 10.2 Å². The fourth-order valence-electron chi connectivity index (χ4n) is 1.00. The Kier molecular flexibility index (Phi) is 2.11. The molecule has 2 heteroatoms. The summed E-state index contributed by atoms with van der Waals surface area (Å²) in [5, 5.41) is 3.21. The Bertz CT molecular complexity index is 109. The zero-order chi connectivity index (χ0) is 6.69. The number of nitrogens with one attached hydrogen (secondary N) is 1. The highest BCUT2D eigenvalue weighted by molar-refractivity contribution is 4.96. The highest BCUT2D eigenvalue weighted by Crippen LogP contribution is 2.02. The second-order valence-electron chi connectivity index (χ2n) is 2.51. The minimum Gasteiger partial charge on any atom is -0.381 e. The number of nitrogens with zero attached hydrogens (tertiary/aromatic N) is 1. The molecule has 0 bridgehead atoms. The van der Waals surface area contributed by atoms with E-state index in [-0.39, 0.29) is 0 Å². The molecule has 1 heterocycles. The van der Waals surface area contributed by atoms with Gasteiger partial charge in [0.05, 0.1) is 0 Å². The van der Waals surface area contributed by atoms with Crippen molar-refractivity contribution in [1.29, 1.82) is 0 Å². The first-order valence-corrected chi connectivity index (χ1v) is 3.39. The summed E-state index contributed by atoms with van der Waals surface area (Å²) in [6, 6.07) is 0.598. The van der Waals surface area contributed by atoms with Gasteiger partial charge in [-0.15, -0.1) is 0 Å². The quantitative estimate of drug-likeness (QED) is 0.548. The Morgan fingerprint density at radius 1 is 1.67 bits per heavy atom. The standard InChI is InChI=1S/C7H14N2/c1-8-7-3-5-9(2)6-4-7/h3,5,7-8H,4,6H2,1-2H3. The number of hydrogen-bond donors (Lipinski definition) is 1. The number of rotatable bonds is 1. The molecule has 0 spiro atoms. The van der Waals surface area contributed by atoms with Crippen LogP contribution in [0.3, 0.4) is 0 Å². The largest absolute Gasteiger partial charge is 0.381 e. The Balaban J connectivity index is 2.38. The van der Waals surface area contributed by atoms with Crippen LogP contribution in [0.15, 0.2) is 12.3 Å². The van der Waals surface area contributed by atoms with Gasteiger partial charge >= 0.3 is 0 Å². The summed E-state index contributed by atoms with van der Waals surface area (Å²) in [7, 11) is 4.10. The van der Waals surface area contributed by atoms with Gasteiger partial charge in [-0.25, -0.2) is 0 Å². The Hall–Kier alpha value is -0.500. The molecule has 52 valence electrons. The highest BCUT2D eigenvalue weighted by atomic mass is 15.1. The first kappa shape index (κ1) is 6.62. The van der Waals surface area contributed by atoms with E-state index in [0.717, 1.165) is 0 Å². The van der Waals surface area contributed by atoms with Crippen molar-refractivity contribution < 1.29 is 0 Å². The summed E-state index contributed by atoms with van der Waals surface area (Å²) < 4.78 is 0. The third-order valence-electron chi connectivity index (χ3n) is 1.74. The second-order valence-corrected chi connectivity index (χ2v) is 2.51. The molecule has 2 nitrogen and oxygen atoms in total. The topological polar surface area (TPSA) is 15.3 Å². The molecule has 1 unspecified atom stereocenters. The number of hydrogen-bond acceptors (Lipinski definition) is 2. The van der Waals surface area contributed by atoms with Crippen LogP contribution in [0.1, 0.15) is 6.42 Å². The molecule has 0 saturated heterocycles. The van der Waals surface area contributed by atoms with Crippen molar-refractivity contribution in [3.05, 3.63) is 12.3 Å². The van der Waals surface area contributed by atoms with Crippen LogP contribution < -0.4 is 5.32 Å². The van der Waals surface area contributed by atoms with E-state index < -0.39 is 0 Å². The minimum absolute atomic E-state index is 0.598. The van der Waals surface area contributed by atoms with Crippen molar-refractivity contribution in [2.45, 2.75) is 12.5 Å². The van der Waals surface area contributed by atoms with E-state index in [2.05, 4.69) is 29.5 Å². The monoisotopic (exact) mass is 126 g/mol. The molecule has 0 radical (unpaired) electrons. The molecule has 0 aromatic carbocycles. The van der Waals surface area contributed by atoms with Gasteiger partial charge in [0.2, 0.25) is 0 Å². The SMILES string of the molecule is CNC1C=CN(C)CC1. The van der Waals surface area contributed by atoms with E-state index in [1.165, 1.54) is 13.0 Å². The molecule has 0 saturated carbocycles. The lowest BCUT2D eigenvalue weighted by molar-refractivity contribution is 0.391. The van der Waals surface area contributed by atoms with Crippen LogP contribution in [-0.4, -0.2) is 31.6 Å². The Morgan fingerprint density at radius 3 is 2.89 bits per heavy atom. The van der Waals surface area contributed by atoms with Gasteiger partial charge < -0.3 is 10.2 Å². The Morgan fingerprint density at radius 2 is 2.44 bits per heavy atom. The highest BCUT2D eigenvalue weighted by Gasteiger charge is 2.06. The van der Waals surface area contributed by atoms with Crippen molar-refractivity contribution in [3.63, 3.8) is 0 Å². The molecular formula is C7H14N2. The average molecular weight is 126 g/mol. The van der Waals surface area contributed by atoms with Gasteiger partial charge in [-0.2, -0.15) is 0 Å². The molecule has 1 N–H and O–H groups in total. The average Bonchev–Trinajstić information content (AvgIpc) is 1.90. The second kappa shape index (κ2) is 2.87. The fourth-order valence-corrected chi connectivity index (χ4v) is 1.00. The van der Waals surface area contributed by atoms with Crippen LogP contribution in [0.2, 0.25) is 0 Å². The lowest BCUT2D eigenvalue weighted by Gasteiger charge is -2.23. The maximum atomic E-state index is 3.21. The van der Waals surface area contributed by atoms with Gasteiger partial charge in [0.1, 0.15) is 0 Å². The van der Waals surface area contributed by atoms with Crippen LogP contribution in [0, 0.1) is 0 Å². The smallest absolute Gasteiger partial charge is 0.0280 e. The third kappa shape index (κ3) is 1.72. The van der Waals surface area contributed by atoms with Gasteiger partial charge in [0.15, 0.2) is 0 Å².